The summed E-state index contributed by atoms with van der Waals surface area (Å²) in [6.07, 6.45) is 3.23. The molecule has 3 aromatic rings. The second-order valence-corrected chi connectivity index (χ2v) is 6.99. The van der Waals surface area contributed by atoms with E-state index in [-0.39, 0.29) is 5.56 Å². The Bertz CT molecular complexity index is 929. The molecule has 1 unspecified atom stereocenters. The standard InChI is InChI=1S/C20H21F2N5/c1-27-10-2-3-15(12-27)24-20-17-11-23-9-8-16(17)18(25-26-20)13-4-6-14(7-5-13)19(21)22/h4-9,11,15,19H,2-3,10,12H2,1H3,(H,24,26). The predicted octanol–water partition coefficient (Wildman–Crippen LogP) is 4.14. The van der Waals surface area contributed by atoms with Crippen LogP contribution in [0.3, 0.4) is 0 Å². The topological polar surface area (TPSA) is 53.9 Å². The maximum atomic E-state index is 12.8. The molecule has 5 nitrogen and oxygen atoms in total. The van der Waals surface area contributed by atoms with Gasteiger partial charge in [-0.05, 0) is 32.5 Å². The number of pyridine rings is 1. The SMILES string of the molecule is CN1CCCC(Nc2nnc(-c3ccc(C(F)F)cc3)c3ccncc23)C1. The van der Waals surface area contributed by atoms with Gasteiger partial charge in [-0.1, -0.05) is 24.3 Å². The maximum Gasteiger partial charge on any atom is 0.263 e. The molecule has 0 bridgehead atoms. The first kappa shape index (κ1) is 17.7. The van der Waals surface area contributed by atoms with Crippen LogP contribution < -0.4 is 5.32 Å². The van der Waals surface area contributed by atoms with Crippen LogP contribution in [0.25, 0.3) is 22.0 Å². The van der Waals surface area contributed by atoms with Gasteiger partial charge in [0.2, 0.25) is 0 Å². The molecule has 4 rings (SSSR count). The molecule has 1 fully saturated rings. The Morgan fingerprint density at radius 3 is 2.67 bits per heavy atom. The molecular formula is C20H21F2N5. The summed E-state index contributed by atoms with van der Waals surface area (Å²) in [6, 6.07) is 8.39. The number of rotatable bonds is 4. The van der Waals surface area contributed by atoms with E-state index in [0.717, 1.165) is 42.3 Å². The maximum absolute atomic E-state index is 12.8. The highest BCUT2D eigenvalue weighted by Gasteiger charge is 2.19. The Hall–Kier alpha value is -2.67. The predicted molar refractivity (Wildman–Crippen MR) is 102 cm³/mol. The van der Waals surface area contributed by atoms with Gasteiger partial charge in [-0.3, -0.25) is 4.98 Å². The number of aromatic nitrogens is 3. The van der Waals surface area contributed by atoms with Crippen LogP contribution in [0, 0.1) is 0 Å². The summed E-state index contributed by atoms with van der Waals surface area (Å²) in [4.78, 5) is 6.54. The third-order valence-electron chi connectivity index (χ3n) is 4.98. The van der Waals surface area contributed by atoms with Crippen molar-refractivity contribution in [2.75, 3.05) is 25.5 Å². The van der Waals surface area contributed by atoms with Gasteiger partial charge < -0.3 is 10.2 Å². The van der Waals surface area contributed by atoms with Crippen molar-refractivity contribution in [1.29, 1.82) is 0 Å². The number of piperidine rings is 1. The molecule has 27 heavy (non-hydrogen) atoms. The third kappa shape index (κ3) is 3.73. The van der Waals surface area contributed by atoms with Crippen LogP contribution in [0.5, 0.6) is 0 Å². The van der Waals surface area contributed by atoms with E-state index in [9.17, 15) is 8.78 Å². The quantitative estimate of drug-likeness (QED) is 0.749. The van der Waals surface area contributed by atoms with E-state index >= 15 is 0 Å². The smallest absolute Gasteiger partial charge is 0.263 e. The summed E-state index contributed by atoms with van der Waals surface area (Å²) in [7, 11) is 2.12. The highest BCUT2D eigenvalue weighted by molar-refractivity contribution is 5.99. The summed E-state index contributed by atoms with van der Waals surface area (Å²) in [6.45, 7) is 2.07. The summed E-state index contributed by atoms with van der Waals surface area (Å²) >= 11 is 0. The van der Waals surface area contributed by atoms with Crippen molar-refractivity contribution >= 4 is 16.6 Å². The first-order valence-corrected chi connectivity index (χ1v) is 9.06. The van der Waals surface area contributed by atoms with E-state index in [1.807, 2.05) is 6.07 Å². The molecule has 0 amide bonds. The first-order valence-electron chi connectivity index (χ1n) is 9.06. The van der Waals surface area contributed by atoms with E-state index in [1.165, 1.54) is 12.1 Å². The summed E-state index contributed by atoms with van der Waals surface area (Å²) in [5.41, 5.74) is 1.42. The lowest BCUT2D eigenvalue weighted by molar-refractivity contribution is 0.151. The Balaban J connectivity index is 1.69. The molecule has 0 radical (unpaired) electrons. The minimum atomic E-state index is -2.48. The minimum absolute atomic E-state index is 0.00242. The number of likely N-dealkylation sites (tertiary alicyclic amines) is 1. The van der Waals surface area contributed by atoms with Crippen molar-refractivity contribution in [3.8, 4) is 11.3 Å². The lowest BCUT2D eigenvalue weighted by atomic mass is 10.0. The number of halogens is 2. The number of anilines is 1. The number of hydrogen-bond acceptors (Lipinski definition) is 5. The number of fused-ring (bicyclic) bond motifs is 1. The van der Waals surface area contributed by atoms with E-state index in [1.54, 1.807) is 24.5 Å². The Morgan fingerprint density at radius 1 is 1.11 bits per heavy atom. The van der Waals surface area contributed by atoms with Crippen LogP contribution >= 0.6 is 0 Å². The Morgan fingerprint density at radius 2 is 1.93 bits per heavy atom. The van der Waals surface area contributed by atoms with Crippen molar-refractivity contribution in [3.63, 3.8) is 0 Å². The van der Waals surface area contributed by atoms with Crippen molar-refractivity contribution in [1.82, 2.24) is 20.1 Å². The monoisotopic (exact) mass is 369 g/mol. The van der Waals surface area contributed by atoms with Gasteiger partial charge in [0.25, 0.3) is 6.43 Å². The highest BCUT2D eigenvalue weighted by Crippen LogP contribution is 2.31. The molecular weight excluding hydrogens is 348 g/mol. The minimum Gasteiger partial charge on any atom is -0.364 e. The highest BCUT2D eigenvalue weighted by atomic mass is 19.3. The normalized spacial score (nSPS) is 18.1. The van der Waals surface area contributed by atoms with Crippen LogP contribution in [0.4, 0.5) is 14.6 Å². The van der Waals surface area contributed by atoms with Crippen LogP contribution in [0.2, 0.25) is 0 Å². The van der Waals surface area contributed by atoms with Gasteiger partial charge in [0.1, 0.15) is 5.69 Å². The van der Waals surface area contributed by atoms with Crippen molar-refractivity contribution in [3.05, 3.63) is 48.3 Å². The number of nitrogens with one attached hydrogen (secondary N) is 1. The second-order valence-electron chi connectivity index (χ2n) is 6.99. The molecule has 1 aromatic carbocycles. The average molecular weight is 369 g/mol. The van der Waals surface area contributed by atoms with Crippen LogP contribution in [-0.4, -0.2) is 46.3 Å². The first-order chi connectivity index (χ1) is 13.1. The van der Waals surface area contributed by atoms with Gasteiger partial charge in [0.15, 0.2) is 5.82 Å². The zero-order valence-corrected chi connectivity index (χ0v) is 15.1. The average Bonchev–Trinajstić information content (AvgIpc) is 2.68. The molecule has 1 aliphatic heterocycles. The van der Waals surface area contributed by atoms with E-state index in [0.29, 0.717) is 17.6 Å². The van der Waals surface area contributed by atoms with Gasteiger partial charge >= 0.3 is 0 Å². The molecule has 0 saturated carbocycles. The number of benzene rings is 1. The molecule has 140 valence electrons. The van der Waals surface area contributed by atoms with Gasteiger partial charge in [-0.2, -0.15) is 0 Å². The van der Waals surface area contributed by atoms with Gasteiger partial charge in [0, 0.05) is 46.9 Å². The number of likely N-dealkylation sites (N-methyl/N-ethyl adjacent to an activating group) is 1. The molecule has 1 N–H and O–H groups in total. The molecule has 2 aromatic heterocycles. The number of hydrogen-bond donors (Lipinski definition) is 1. The molecule has 1 atom stereocenters. The van der Waals surface area contributed by atoms with Gasteiger partial charge in [-0.25, -0.2) is 8.78 Å². The summed E-state index contributed by atoms with van der Waals surface area (Å²) in [5.74, 6) is 0.714. The van der Waals surface area contributed by atoms with Crippen molar-refractivity contribution in [2.24, 2.45) is 0 Å². The van der Waals surface area contributed by atoms with Crippen molar-refractivity contribution in [2.45, 2.75) is 25.3 Å². The fraction of sp³-hybridized carbons (Fsp3) is 0.350. The molecule has 1 saturated heterocycles. The fourth-order valence-corrected chi connectivity index (χ4v) is 3.58. The number of nitrogens with zero attached hydrogens (tertiary/aromatic N) is 4. The lowest BCUT2D eigenvalue weighted by Gasteiger charge is -2.30. The number of alkyl halides is 2. The molecule has 7 heteroatoms. The Labute approximate surface area is 156 Å². The fourth-order valence-electron chi connectivity index (χ4n) is 3.58. The van der Waals surface area contributed by atoms with E-state index in [4.69, 9.17) is 0 Å². The molecule has 3 heterocycles. The largest absolute Gasteiger partial charge is 0.364 e. The molecule has 1 aliphatic rings. The zero-order chi connectivity index (χ0) is 18.8. The van der Waals surface area contributed by atoms with Crippen molar-refractivity contribution < 1.29 is 8.78 Å². The van der Waals surface area contributed by atoms with Crippen LogP contribution in [0.15, 0.2) is 42.7 Å². The van der Waals surface area contributed by atoms with E-state index < -0.39 is 6.43 Å². The molecule has 0 aliphatic carbocycles. The van der Waals surface area contributed by atoms with E-state index in [2.05, 4.69) is 32.4 Å². The zero-order valence-electron chi connectivity index (χ0n) is 15.1. The van der Waals surface area contributed by atoms with Crippen LogP contribution in [0.1, 0.15) is 24.8 Å². The second kappa shape index (κ2) is 7.52. The van der Waals surface area contributed by atoms with Gasteiger partial charge in [-0.15, -0.1) is 10.2 Å². The summed E-state index contributed by atoms with van der Waals surface area (Å²) < 4.78 is 25.6. The molecule has 0 spiro atoms. The van der Waals surface area contributed by atoms with Gasteiger partial charge in [0.05, 0.1) is 0 Å². The third-order valence-corrected chi connectivity index (χ3v) is 4.98. The van der Waals surface area contributed by atoms with Crippen LogP contribution in [-0.2, 0) is 0 Å². The Kier molecular flexibility index (Phi) is 4.94. The lowest BCUT2D eigenvalue weighted by Crippen LogP contribution is -2.40. The summed E-state index contributed by atoms with van der Waals surface area (Å²) in [5, 5.41) is 14.1.